The lowest BCUT2D eigenvalue weighted by Crippen LogP contribution is -2.25. The monoisotopic (exact) mass is 337 g/mol. The molecule has 4 rings (SSSR count). The Bertz CT molecular complexity index is 1020. The molecule has 2 heterocycles. The minimum absolute atomic E-state index is 0.153. The quantitative estimate of drug-likeness (QED) is 0.710. The maximum atomic E-state index is 13.2. The predicted octanol–water partition coefficient (Wildman–Crippen LogP) is 4.50. The Labute approximate surface area is 144 Å². The van der Waals surface area contributed by atoms with Crippen LogP contribution in [0.1, 0.15) is 25.1 Å². The smallest absolute Gasteiger partial charge is 0.267 e. The van der Waals surface area contributed by atoms with Gasteiger partial charge in [0.1, 0.15) is 10.8 Å². The lowest BCUT2D eigenvalue weighted by molar-refractivity contribution is 0.471. The van der Waals surface area contributed by atoms with Crippen molar-refractivity contribution in [2.75, 3.05) is 0 Å². The van der Waals surface area contributed by atoms with Gasteiger partial charge >= 0.3 is 0 Å². The molecule has 1 aromatic heterocycles. The van der Waals surface area contributed by atoms with Crippen molar-refractivity contribution >= 4 is 11.6 Å². The first-order chi connectivity index (χ1) is 11.4. The van der Waals surface area contributed by atoms with E-state index in [1.165, 1.54) is 0 Å². The average Bonchev–Trinajstić information content (AvgIpc) is 2.82. The van der Waals surface area contributed by atoms with E-state index >= 15 is 0 Å². The molecule has 0 atom stereocenters. The van der Waals surface area contributed by atoms with Crippen LogP contribution in [0.4, 0.5) is 0 Å². The molecule has 1 N–H and O–H groups in total. The van der Waals surface area contributed by atoms with Gasteiger partial charge in [0.05, 0.1) is 16.9 Å². The summed E-state index contributed by atoms with van der Waals surface area (Å²) in [5, 5.41) is 10.9. The van der Waals surface area contributed by atoms with Crippen molar-refractivity contribution in [1.29, 1.82) is 0 Å². The van der Waals surface area contributed by atoms with Gasteiger partial charge in [0.2, 0.25) is 0 Å². The summed E-state index contributed by atoms with van der Waals surface area (Å²) in [5.74, 6) is -0.153. The summed E-state index contributed by atoms with van der Waals surface area (Å²) >= 11 is 6.53. The highest BCUT2D eigenvalue weighted by atomic mass is 35.5. The van der Waals surface area contributed by atoms with Gasteiger partial charge in [0, 0.05) is 5.41 Å². The Kier molecular flexibility index (Phi) is 3.12. The number of para-hydroxylation sites is 1. The van der Waals surface area contributed by atoms with Crippen LogP contribution < -0.4 is 5.56 Å². The van der Waals surface area contributed by atoms with E-state index in [2.05, 4.69) is 0 Å². The van der Waals surface area contributed by atoms with Gasteiger partial charge in [-0.05, 0) is 17.2 Å². The highest BCUT2D eigenvalue weighted by Crippen LogP contribution is 2.48. The Morgan fingerprint density at radius 2 is 1.62 bits per heavy atom. The molecule has 2 aromatic carbocycles. The predicted molar refractivity (Wildman–Crippen MR) is 96.3 cm³/mol. The van der Waals surface area contributed by atoms with Crippen molar-refractivity contribution in [3.63, 3.8) is 0 Å². The molecule has 1 aliphatic heterocycles. The molecule has 0 radical (unpaired) electrons. The van der Waals surface area contributed by atoms with Crippen molar-refractivity contribution in [2.24, 2.45) is 0 Å². The molecule has 3 aromatic rings. The van der Waals surface area contributed by atoms with Crippen LogP contribution >= 0.6 is 11.6 Å². The molecule has 4 heteroatoms. The van der Waals surface area contributed by atoms with Crippen molar-refractivity contribution in [1.82, 2.24) is 4.57 Å². The fourth-order valence-electron chi connectivity index (χ4n) is 3.61. The van der Waals surface area contributed by atoms with Crippen LogP contribution in [0.5, 0.6) is 5.75 Å². The van der Waals surface area contributed by atoms with Gasteiger partial charge in [-0.25, -0.2) is 0 Å². The molecule has 3 nitrogen and oxygen atoms in total. The molecule has 0 unspecified atom stereocenters. The zero-order chi connectivity index (χ0) is 17.1. The standard InChI is InChI=1S/C20H16ClNO2/c1-20(2)13-10-6-7-11-14(13)22-18(20)16(21)17(23)15(19(22)24)12-8-4-3-5-9-12/h3-11,23H,1-2H3. The number of halogens is 1. The largest absolute Gasteiger partial charge is 0.505 e. The molecule has 24 heavy (non-hydrogen) atoms. The summed E-state index contributed by atoms with van der Waals surface area (Å²) in [7, 11) is 0. The molecule has 0 aliphatic carbocycles. The summed E-state index contributed by atoms with van der Waals surface area (Å²) in [6.45, 7) is 4.02. The third-order valence-electron chi connectivity index (χ3n) is 4.77. The first kappa shape index (κ1) is 15.0. The van der Waals surface area contributed by atoms with Gasteiger partial charge in [-0.3, -0.25) is 9.36 Å². The summed E-state index contributed by atoms with van der Waals surface area (Å²) in [6.07, 6.45) is 0. The number of aromatic nitrogens is 1. The number of hydrogen-bond acceptors (Lipinski definition) is 2. The van der Waals surface area contributed by atoms with E-state index in [9.17, 15) is 9.90 Å². The normalized spacial score (nSPS) is 14.3. The maximum absolute atomic E-state index is 13.2. The Morgan fingerprint density at radius 1 is 1.00 bits per heavy atom. The molecular weight excluding hydrogens is 322 g/mol. The summed E-state index contributed by atoms with van der Waals surface area (Å²) in [5.41, 5.74) is 2.65. The van der Waals surface area contributed by atoms with Crippen LogP contribution in [0.25, 0.3) is 16.8 Å². The number of hydrogen-bond donors (Lipinski definition) is 1. The molecule has 1 aliphatic rings. The molecule has 0 saturated heterocycles. The topological polar surface area (TPSA) is 42.2 Å². The van der Waals surface area contributed by atoms with Crippen molar-refractivity contribution in [3.8, 4) is 22.6 Å². The Hall–Kier alpha value is -2.52. The van der Waals surface area contributed by atoms with Gasteiger partial charge in [0.25, 0.3) is 5.56 Å². The lowest BCUT2D eigenvalue weighted by Gasteiger charge is -2.22. The van der Waals surface area contributed by atoms with Crippen LogP contribution in [0.3, 0.4) is 0 Å². The highest BCUT2D eigenvalue weighted by Gasteiger charge is 2.40. The van der Waals surface area contributed by atoms with E-state index in [4.69, 9.17) is 11.6 Å². The van der Waals surface area contributed by atoms with E-state index in [1.54, 1.807) is 16.7 Å². The zero-order valence-corrected chi connectivity index (χ0v) is 14.1. The first-order valence-corrected chi connectivity index (χ1v) is 8.15. The third-order valence-corrected chi connectivity index (χ3v) is 5.12. The second-order valence-corrected chi connectivity index (χ2v) is 6.91. The number of benzene rings is 2. The zero-order valence-electron chi connectivity index (χ0n) is 13.4. The average molecular weight is 338 g/mol. The van der Waals surface area contributed by atoms with Crippen LogP contribution in [-0.4, -0.2) is 9.67 Å². The van der Waals surface area contributed by atoms with E-state index in [1.807, 2.05) is 56.3 Å². The SMILES string of the molecule is CC1(C)c2ccccc2-n2c1c(Cl)c(O)c(-c1ccccc1)c2=O. The number of fused-ring (bicyclic) bond motifs is 3. The van der Waals surface area contributed by atoms with E-state index in [-0.39, 0.29) is 21.9 Å². The van der Waals surface area contributed by atoms with Gasteiger partial charge in [-0.15, -0.1) is 0 Å². The minimum atomic E-state index is -0.459. The fourth-order valence-corrected chi connectivity index (χ4v) is 4.02. The lowest BCUT2D eigenvalue weighted by atomic mass is 9.83. The second kappa shape index (κ2) is 4.99. The summed E-state index contributed by atoms with van der Waals surface area (Å²) < 4.78 is 1.64. The first-order valence-electron chi connectivity index (χ1n) is 7.78. The van der Waals surface area contributed by atoms with Crippen LogP contribution in [0.15, 0.2) is 59.4 Å². The van der Waals surface area contributed by atoms with E-state index in [0.717, 1.165) is 11.3 Å². The van der Waals surface area contributed by atoms with Crippen LogP contribution in [-0.2, 0) is 5.41 Å². The van der Waals surface area contributed by atoms with Crippen LogP contribution in [0.2, 0.25) is 5.02 Å². The van der Waals surface area contributed by atoms with Crippen LogP contribution in [0, 0.1) is 0 Å². The number of pyridine rings is 1. The van der Waals surface area contributed by atoms with E-state index in [0.29, 0.717) is 11.3 Å². The molecule has 0 bridgehead atoms. The highest BCUT2D eigenvalue weighted by molar-refractivity contribution is 6.33. The van der Waals surface area contributed by atoms with Gasteiger partial charge in [0.15, 0.2) is 0 Å². The Balaban J connectivity index is 2.17. The number of rotatable bonds is 1. The Morgan fingerprint density at radius 3 is 2.33 bits per heavy atom. The molecular formula is C20H16ClNO2. The van der Waals surface area contributed by atoms with Gasteiger partial charge in [-0.1, -0.05) is 74.0 Å². The number of aromatic hydroxyl groups is 1. The summed E-state index contributed by atoms with van der Waals surface area (Å²) in [4.78, 5) is 13.2. The maximum Gasteiger partial charge on any atom is 0.267 e. The summed E-state index contributed by atoms with van der Waals surface area (Å²) in [6, 6.07) is 16.9. The molecule has 0 amide bonds. The van der Waals surface area contributed by atoms with Gasteiger partial charge < -0.3 is 5.11 Å². The molecule has 0 fully saturated rings. The molecule has 0 saturated carbocycles. The fraction of sp³-hybridized carbons (Fsp3) is 0.150. The minimum Gasteiger partial charge on any atom is -0.505 e. The van der Waals surface area contributed by atoms with E-state index < -0.39 is 5.41 Å². The molecule has 0 spiro atoms. The second-order valence-electron chi connectivity index (χ2n) is 6.53. The van der Waals surface area contributed by atoms with Crippen molar-refractivity contribution < 1.29 is 5.11 Å². The van der Waals surface area contributed by atoms with Gasteiger partial charge in [-0.2, -0.15) is 0 Å². The number of nitrogens with zero attached hydrogens (tertiary/aromatic N) is 1. The third kappa shape index (κ3) is 1.82. The van der Waals surface area contributed by atoms with Crippen molar-refractivity contribution in [3.05, 3.63) is 81.2 Å². The van der Waals surface area contributed by atoms with Crippen molar-refractivity contribution in [2.45, 2.75) is 19.3 Å². The molecule has 120 valence electrons.